The first-order valence-corrected chi connectivity index (χ1v) is 5.00. The summed E-state index contributed by atoms with van der Waals surface area (Å²) in [7, 11) is 1.51. The largest absolute Gasteiger partial charge is 0.378 e. The molecule has 16 heavy (non-hydrogen) atoms. The standard InChI is InChI=1S/C11H9ClFNO2/c1-16-5-6-4-9(15)10-8(13)3-2-7(12)11(10)14-6/h2-4H,5H2,1H3,(H,14,15). The van der Waals surface area contributed by atoms with Gasteiger partial charge in [0.2, 0.25) is 0 Å². The zero-order chi connectivity index (χ0) is 11.7. The van der Waals surface area contributed by atoms with E-state index in [9.17, 15) is 9.18 Å². The highest BCUT2D eigenvalue weighted by atomic mass is 35.5. The van der Waals surface area contributed by atoms with Crippen molar-refractivity contribution in [2.45, 2.75) is 6.61 Å². The molecule has 5 heteroatoms. The van der Waals surface area contributed by atoms with E-state index in [1.807, 2.05) is 0 Å². The third kappa shape index (κ3) is 1.81. The summed E-state index contributed by atoms with van der Waals surface area (Å²) >= 11 is 5.90. The smallest absolute Gasteiger partial charge is 0.192 e. The highest BCUT2D eigenvalue weighted by Crippen LogP contribution is 2.21. The van der Waals surface area contributed by atoms with Crippen molar-refractivity contribution in [3.8, 4) is 0 Å². The minimum absolute atomic E-state index is 0.0210. The van der Waals surface area contributed by atoms with E-state index in [1.54, 1.807) is 0 Å². The second-order valence-corrected chi connectivity index (χ2v) is 3.78. The van der Waals surface area contributed by atoms with Crippen LogP contribution >= 0.6 is 11.6 Å². The van der Waals surface area contributed by atoms with Gasteiger partial charge in [-0.1, -0.05) is 11.6 Å². The lowest BCUT2D eigenvalue weighted by atomic mass is 10.2. The number of rotatable bonds is 2. The van der Waals surface area contributed by atoms with Gasteiger partial charge in [0.25, 0.3) is 0 Å². The highest BCUT2D eigenvalue weighted by molar-refractivity contribution is 6.35. The van der Waals surface area contributed by atoms with Crippen LogP contribution in [0.2, 0.25) is 5.02 Å². The molecule has 0 saturated carbocycles. The van der Waals surface area contributed by atoms with E-state index in [0.29, 0.717) is 16.2 Å². The van der Waals surface area contributed by atoms with Crippen molar-refractivity contribution in [3.63, 3.8) is 0 Å². The van der Waals surface area contributed by atoms with Gasteiger partial charge < -0.3 is 9.72 Å². The van der Waals surface area contributed by atoms with Crippen LogP contribution in [0.1, 0.15) is 5.69 Å². The van der Waals surface area contributed by atoms with Crippen molar-refractivity contribution < 1.29 is 9.13 Å². The molecule has 0 atom stereocenters. The summed E-state index contributed by atoms with van der Waals surface area (Å²) in [5.41, 5.74) is 0.467. The molecule has 0 bridgehead atoms. The van der Waals surface area contributed by atoms with Gasteiger partial charge in [0, 0.05) is 18.9 Å². The van der Waals surface area contributed by atoms with Crippen LogP contribution in [0.4, 0.5) is 4.39 Å². The van der Waals surface area contributed by atoms with E-state index >= 15 is 0 Å². The fraction of sp³-hybridized carbons (Fsp3) is 0.182. The maximum Gasteiger partial charge on any atom is 0.192 e. The maximum absolute atomic E-state index is 13.4. The number of aromatic nitrogens is 1. The molecule has 0 radical (unpaired) electrons. The SMILES string of the molecule is COCc1cc(=O)c2c(F)ccc(Cl)c2[nH]1. The van der Waals surface area contributed by atoms with Crippen LogP contribution in [0.5, 0.6) is 0 Å². The first kappa shape index (κ1) is 11.1. The zero-order valence-corrected chi connectivity index (χ0v) is 9.27. The van der Waals surface area contributed by atoms with Crippen molar-refractivity contribution in [1.82, 2.24) is 4.98 Å². The summed E-state index contributed by atoms with van der Waals surface area (Å²) < 4.78 is 18.3. The Balaban J connectivity index is 2.81. The summed E-state index contributed by atoms with van der Waals surface area (Å²) in [6.07, 6.45) is 0. The van der Waals surface area contributed by atoms with E-state index in [0.717, 1.165) is 0 Å². The fourth-order valence-corrected chi connectivity index (χ4v) is 1.78. The summed E-state index contributed by atoms with van der Waals surface area (Å²) in [6, 6.07) is 3.90. The number of hydrogen-bond donors (Lipinski definition) is 1. The number of methoxy groups -OCH3 is 1. The molecule has 0 aliphatic carbocycles. The van der Waals surface area contributed by atoms with Crippen LogP contribution in [-0.4, -0.2) is 12.1 Å². The monoisotopic (exact) mass is 241 g/mol. The quantitative estimate of drug-likeness (QED) is 0.878. The Morgan fingerprint density at radius 2 is 2.25 bits per heavy atom. The third-order valence-corrected chi connectivity index (χ3v) is 2.56. The molecule has 0 aliphatic heterocycles. The van der Waals surface area contributed by atoms with Crippen LogP contribution in [-0.2, 0) is 11.3 Å². The van der Waals surface area contributed by atoms with Crippen LogP contribution in [0.15, 0.2) is 23.0 Å². The van der Waals surface area contributed by atoms with E-state index in [2.05, 4.69) is 4.98 Å². The summed E-state index contributed by atoms with van der Waals surface area (Å²) in [5.74, 6) is -0.579. The second kappa shape index (κ2) is 4.23. The Kier molecular flexibility index (Phi) is 2.94. The molecule has 3 nitrogen and oxygen atoms in total. The topological polar surface area (TPSA) is 42.1 Å². The molecule has 1 heterocycles. The summed E-state index contributed by atoms with van der Waals surface area (Å²) in [5, 5.41) is 0.291. The average molecular weight is 242 g/mol. The van der Waals surface area contributed by atoms with Crippen molar-refractivity contribution in [2.75, 3.05) is 7.11 Å². The highest BCUT2D eigenvalue weighted by Gasteiger charge is 2.10. The normalized spacial score (nSPS) is 10.9. The van der Waals surface area contributed by atoms with Gasteiger partial charge >= 0.3 is 0 Å². The average Bonchev–Trinajstić information content (AvgIpc) is 2.23. The zero-order valence-electron chi connectivity index (χ0n) is 8.51. The third-order valence-electron chi connectivity index (χ3n) is 2.24. The number of H-pyrrole nitrogens is 1. The first-order valence-electron chi connectivity index (χ1n) is 4.62. The number of pyridine rings is 1. The number of hydrogen-bond acceptors (Lipinski definition) is 2. The molecular weight excluding hydrogens is 233 g/mol. The van der Waals surface area contributed by atoms with Crippen molar-refractivity contribution in [1.29, 1.82) is 0 Å². The van der Waals surface area contributed by atoms with Crippen molar-refractivity contribution >= 4 is 22.5 Å². The van der Waals surface area contributed by atoms with Gasteiger partial charge in [-0.05, 0) is 12.1 Å². The van der Waals surface area contributed by atoms with E-state index in [1.165, 1.54) is 25.3 Å². The molecule has 0 unspecified atom stereocenters. The molecule has 0 saturated heterocycles. The number of fused-ring (bicyclic) bond motifs is 1. The minimum atomic E-state index is -0.579. The van der Waals surface area contributed by atoms with Crippen molar-refractivity contribution in [2.24, 2.45) is 0 Å². The van der Waals surface area contributed by atoms with Crippen LogP contribution in [0.25, 0.3) is 10.9 Å². The fourth-order valence-electron chi connectivity index (χ4n) is 1.58. The van der Waals surface area contributed by atoms with Gasteiger partial charge in [-0.25, -0.2) is 4.39 Å². The Morgan fingerprint density at radius 1 is 1.50 bits per heavy atom. The van der Waals surface area contributed by atoms with Gasteiger partial charge in [-0.3, -0.25) is 4.79 Å². The Morgan fingerprint density at radius 3 is 2.94 bits per heavy atom. The lowest BCUT2D eigenvalue weighted by molar-refractivity contribution is 0.181. The molecular formula is C11H9ClFNO2. The molecule has 2 aromatic rings. The Hall–Kier alpha value is -1.39. The minimum Gasteiger partial charge on any atom is -0.378 e. The summed E-state index contributed by atoms with van der Waals surface area (Å²) in [4.78, 5) is 14.6. The Labute approximate surface area is 95.8 Å². The number of aromatic amines is 1. The van der Waals surface area contributed by atoms with Crippen LogP contribution in [0, 0.1) is 5.82 Å². The molecule has 1 aromatic heterocycles. The summed E-state index contributed by atoms with van der Waals surface area (Å²) in [6.45, 7) is 0.248. The molecule has 2 rings (SSSR count). The van der Waals surface area contributed by atoms with Gasteiger partial charge in [0.15, 0.2) is 5.43 Å². The van der Waals surface area contributed by atoms with Gasteiger partial charge in [0.05, 0.1) is 22.5 Å². The van der Waals surface area contributed by atoms with Crippen LogP contribution in [0.3, 0.4) is 0 Å². The van der Waals surface area contributed by atoms with E-state index < -0.39 is 11.2 Å². The number of halogens is 2. The molecule has 0 spiro atoms. The predicted octanol–water partition coefficient (Wildman–Crippen LogP) is 2.47. The van der Waals surface area contributed by atoms with E-state index in [4.69, 9.17) is 16.3 Å². The van der Waals surface area contributed by atoms with E-state index in [-0.39, 0.29) is 12.0 Å². The molecule has 84 valence electrons. The van der Waals surface area contributed by atoms with Gasteiger partial charge in [-0.15, -0.1) is 0 Å². The lowest BCUT2D eigenvalue weighted by Crippen LogP contribution is -2.07. The van der Waals surface area contributed by atoms with Crippen molar-refractivity contribution in [3.05, 3.63) is 45.0 Å². The number of ether oxygens (including phenoxy) is 1. The molecule has 1 aromatic carbocycles. The Bertz CT molecular complexity index is 594. The van der Waals surface area contributed by atoms with Crippen LogP contribution < -0.4 is 5.43 Å². The molecule has 1 N–H and O–H groups in total. The van der Waals surface area contributed by atoms with Gasteiger partial charge in [-0.2, -0.15) is 0 Å². The molecule has 0 aliphatic rings. The molecule has 0 fully saturated rings. The number of nitrogens with one attached hydrogen (secondary N) is 1. The number of benzene rings is 1. The lowest BCUT2D eigenvalue weighted by Gasteiger charge is -2.05. The second-order valence-electron chi connectivity index (χ2n) is 3.37. The first-order chi connectivity index (χ1) is 7.63. The van der Waals surface area contributed by atoms with Gasteiger partial charge in [0.1, 0.15) is 5.82 Å². The maximum atomic E-state index is 13.4. The molecule has 0 amide bonds. The predicted molar refractivity (Wildman–Crippen MR) is 60.2 cm³/mol.